The number of ketones is 1. The number of benzene rings is 1. The number of rotatable bonds is 2. The molecule has 0 spiro atoms. The van der Waals surface area contributed by atoms with E-state index in [0.29, 0.717) is 0 Å². The molecule has 0 radical (unpaired) electrons. The summed E-state index contributed by atoms with van der Waals surface area (Å²) >= 11 is 1.59. The highest BCUT2D eigenvalue weighted by Gasteiger charge is 2.23. The van der Waals surface area contributed by atoms with Crippen LogP contribution in [0.25, 0.3) is 0 Å². The Balaban J connectivity index is 2.07. The Morgan fingerprint density at radius 3 is 2.67 bits per heavy atom. The van der Waals surface area contributed by atoms with Crippen LogP contribution in [0.4, 0.5) is 0 Å². The van der Waals surface area contributed by atoms with Crippen LogP contribution in [-0.2, 0) is 4.79 Å². The number of hydrogen-bond acceptors (Lipinski definition) is 3. The van der Waals surface area contributed by atoms with Crippen LogP contribution in [0.3, 0.4) is 0 Å². The normalized spacial score (nSPS) is 25.5. The number of aliphatic hydroxyl groups excluding tert-OH is 1. The largest absolute Gasteiger partial charge is 0.391 e. The average molecular weight is 220 g/mol. The fraction of sp³-hybridized carbons (Fsp3) is 0.250. The highest BCUT2D eigenvalue weighted by molar-refractivity contribution is 8.00. The molecule has 1 aliphatic carbocycles. The van der Waals surface area contributed by atoms with Gasteiger partial charge in [-0.1, -0.05) is 24.3 Å². The zero-order valence-electron chi connectivity index (χ0n) is 8.17. The molecule has 0 fully saturated rings. The van der Waals surface area contributed by atoms with Crippen molar-refractivity contribution < 1.29 is 9.90 Å². The molecule has 0 unspecified atom stereocenters. The first kappa shape index (κ1) is 10.5. The molecule has 1 aliphatic rings. The fourth-order valence-corrected chi connectivity index (χ4v) is 2.53. The minimum Gasteiger partial charge on any atom is -0.391 e. The van der Waals surface area contributed by atoms with E-state index in [0.717, 1.165) is 4.90 Å². The third-order valence-corrected chi connectivity index (χ3v) is 3.56. The minimum absolute atomic E-state index is 0.00686. The Morgan fingerprint density at radius 1 is 1.27 bits per heavy atom. The average Bonchev–Trinajstić information content (AvgIpc) is 2.24. The van der Waals surface area contributed by atoms with E-state index < -0.39 is 6.10 Å². The Kier molecular flexibility index (Phi) is 3.23. The second kappa shape index (κ2) is 4.64. The standard InChI is InChI=1S/C12H12O2S/c13-9-6-7-12(11(14)8-9)15-10-4-2-1-3-5-10/h1-7,11-12,14H,8H2/t11-,12+/m0/s1. The first-order chi connectivity index (χ1) is 7.25. The molecule has 0 heterocycles. The van der Waals surface area contributed by atoms with Gasteiger partial charge in [-0.3, -0.25) is 4.79 Å². The van der Waals surface area contributed by atoms with Crippen molar-refractivity contribution in [2.24, 2.45) is 0 Å². The zero-order valence-corrected chi connectivity index (χ0v) is 8.98. The summed E-state index contributed by atoms with van der Waals surface area (Å²) in [5.41, 5.74) is 0. The van der Waals surface area contributed by atoms with E-state index in [1.807, 2.05) is 30.3 Å². The summed E-state index contributed by atoms with van der Waals surface area (Å²) in [4.78, 5) is 12.1. The summed E-state index contributed by atoms with van der Waals surface area (Å²) in [6.45, 7) is 0. The van der Waals surface area contributed by atoms with Crippen molar-refractivity contribution in [2.45, 2.75) is 22.7 Å². The monoisotopic (exact) mass is 220 g/mol. The molecule has 15 heavy (non-hydrogen) atoms. The van der Waals surface area contributed by atoms with Crippen molar-refractivity contribution in [3.63, 3.8) is 0 Å². The molecule has 3 heteroatoms. The first-order valence-corrected chi connectivity index (χ1v) is 5.74. The van der Waals surface area contributed by atoms with Gasteiger partial charge in [-0.2, -0.15) is 0 Å². The van der Waals surface area contributed by atoms with Gasteiger partial charge in [0.05, 0.1) is 11.4 Å². The van der Waals surface area contributed by atoms with Crippen molar-refractivity contribution in [1.29, 1.82) is 0 Å². The number of hydrogen-bond donors (Lipinski definition) is 1. The third kappa shape index (κ3) is 2.70. The second-order valence-electron chi connectivity index (χ2n) is 3.49. The van der Waals surface area contributed by atoms with Crippen LogP contribution >= 0.6 is 11.8 Å². The van der Waals surface area contributed by atoms with Gasteiger partial charge < -0.3 is 5.11 Å². The summed E-state index contributed by atoms with van der Waals surface area (Å²) < 4.78 is 0. The highest BCUT2D eigenvalue weighted by atomic mass is 32.2. The highest BCUT2D eigenvalue weighted by Crippen LogP contribution is 2.29. The predicted octanol–water partition coefficient (Wildman–Crippen LogP) is 2.04. The SMILES string of the molecule is O=C1C=C[C@@H](Sc2ccccc2)[C@@H](O)C1. The maximum Gasteiger partial charge on any atom is 0.158 e. The lowest BCUT2D eigenvalue weighted by Gasteiger charge is -2.21. The van der Waals surface area contributed by atoms with E-state index in [2.05, 4.69) is 0 Å². The van der Waals surface area contributed by atoms with Gasteiger partial charge in [-0.15, -0.1) is 11.8 Å². The Bertz CT molecular complexity index is 372. The molecule has 0 aromatic heterocycles. The quantitative estimate of drug-likeness (QED) is 0.828. The van der Waals surface area contributed by atoms with Crippen LogP contribution in [0.1, 0.15) is 6.42 Å². The van der Waals surface area contributed by atoms with Crippen LogP contribution in [0, 0.1) is 0 Å². The van der Waals surface area contributed by atoms with E-state index in [9.17, 15) is 9.90 Å². The van der Waals surface area contributed by atoms with Crippen LogP contribution in [0.5, 0.6) is 0 Å². The van der Waals surface area contributed by atoms with Gasteiger partial charge in [-0.25, -0.2) is 0 Å². The molecule has 0 aliphatic heterocycles. The van der Waals surface area contributed by atoms with Crippen molar-refractivity contribution >= 4 is 17.5 Å². The van der Waals surface area contributed by atoms with Crippen LogP contribution < -0.4 is 0 Å². The second-order valence-corrected chi connectivity index (χ2v) is 4.74. The Labute approximate surface area is 93.0 Å². The molecule has 1 aromatic carbocycles. The zero-order chi connectivity index (χ0) is 10.7. The summed E-state index contributed by atoms with van der Waals surface area (Å²) in [5.74, 6) is 0.00686. The lowest BCUT2D eigenvalue weighted by atomic mass is 10.0. The predicted molar refractivity (Wildman–Crippen MR) is 60.9 cm³/mol. The van der Waals surface area contributed by atoms with Gasteiger partial charge >= 0.3 is 0 Å². The van der Waals surface area contributed by atoms with Crippen LogP contribution in [0.2, 0.25) is 0 Å². The third-order valence-electron chi connectivity index (χ3n) is 2.28. The van der Waals surface area contributed by atoms with Gasteiger partial charge in [0, 0.05) is 11.3 Å². The van der Waals surface area contributed by atoms with Crippen LogP contribution in [-0.4, -0.2) is 22.2 Å². The number of aliphatic hydroxyl groups is 1. The van der Waals surface area contributed by atoms with Crippen LogP contribution in [0.15, 0.2) is 47.4 Å². The smallest absolute Gasteiger partial charge is 0.158 e. The molecule has 0 amide bonds. The number of carbonyl (C=O) groups is 1. The Morgan fingerprint density at radius 2 is 2.00 bits per heavy atom. The van der Waals surface area contributed by atoms with Gasteiger partial charge in [-0.05, 0) is 18.2 Å². The molecule has 0 saturated carbocycles. The number of carbonyl (C=O) groups excluding carboxylic acids is 1. The van der Waals surface area contributed by atoms with Gasteiger partial charge in [0.25, 0.3) is 0 Å². The van der Waals surface area contributed by atoms with E-state index in [1.54, 1.807) is 23.9 Å². The molecule has 0 saturated heterocycles. The Hall–Kier alpha value is -1.06. The molecule has 0 bridgehead atoms. The molecular formula is C12H12O2S. The van der Waals surface area contributed by atoms with Gasteiger partial charge in [0.1, 0.15) is 0 Å². The lowest BCUT2D eigenvalue weighted by molar-refractivity contribution is -0.116. The minimum atomic E-state index is -0.562. The summed E-state index contributed by atoms with van der Waals surface area (Å²) in [5, 5.41) is 9.70. The fourth-order valence-electron chi connectivity index (χ4n) is 1.49. The van der Waals surface area contributed by atoms with Crippen molar-refractivity contribution in [3.8, 4) is 0 Å². The molecular weight excluding hydrogens is 208 g/mol. The molecule has 1 N–H and O–H groups in total. The lowest BCUT2D eigenvalue weighted by Crippen LogP contribution is -2.27. The topological polar surface area (TPSA) is 37.3 Å². The van der Waals surface area contributed by atoms with Crippen molar-refractivity contribution in [3.05, 3.63) is 42.5 Å². The summed E-state index contributed by atoms with van der Waals surface area (Å²) in [7, 11) is 0. The van der Waals surface area contributed by atoms with E-state index in [1.165, 1.54) is 0 Å². The van der Waals surface area contributed by atoms with Gasteiger partial charge in [0.15, 0.2) is 5.78 Å². The van der Waals surface area contributed by atoms with E-state index in [4.69, 9.17) is 0 Å². The van der Waals surface area contributed by atoms with E-state index in [-0.39, 0.29) is 17.5 Å². The number of allylic oxidation sites excluding steroid dienone is 1. The van der Waals surface area contributed by atoms with E-state index >= 15 is 0 Å². The van der Waals surface area contributed by atoms with Crippen molar-refractivity contribution in [1.82, 2.24) is 0 Å². The first-order valence-electron chi connectivity index (χ1n) is 4.86. The van der Waals surface area contributed by atoms with Gasteiger partial charge in [0.2, 0.25) is 0 Å². The van der Waals surface area contributed by atoms with Crippen molar-refractivity contribution in [2.75, 3.05) is 0 Å². The molecule has 2 rings (SSSR count). The summed E-state index contributed by atoms with van der Waals surface area (Å²) in [6.07, 6.45) is 3.02. The molecule has 1 aromatic rings. The molecule has 2 atom stereocenters. The number of thioether (sulfide) groups is 1. The summed E-state index contributed by atoms with van der Waals surface area (Å²) in [6, 6.07) is 9.89. The maximum atomic E-state index is 11.0. The molecule has 78 valence electrons. The molecule has 2 nitrogen and oxygen atoms in total. The maximum absolute atomic E-state index is 11.0.